The zero-order valence-electron chi connectivity index (χ0n) is 20.3. The second-order valence-electron chi connectivity index (χ2n) is 9.74. The van der Waals surface area contributed by atoms with Crippen LogP contribution in [0.2, 0.25) is 0 Å². The minimum Gasteiger partial charge on any atom is -0.353 e. The molecule has 4 heterocycles. The summed E-state index contributed by atoms with van der Waals surface area (Å²) in [5.41, 5.74) is 0. The van der Waals surface area contributed by atoms with Gasteiger partial charge in [0.25, 0.3) is 0 Å². The first-order valence-corrected chi connectivity index (χ1v) is 15.0. The van der Waals surface area contributed by atoms with E-state index < -0.39 is 10.0 Å². The Morgan fingerprint density at radius 2 is 1.78 bits per heavy atom. The fourth-order valence-corrected chi connectivity index (χ4v) is 8.37. The van der Waals surface area contributed by atoms with E-state index in [1.807, 2.05) is 18.2 Å². The van der Waals surface area contributed by atoms with Crippen molar-refractivity contribution in [2.75, 3.05) is 44.2 Å². The van der Waals surface area contributed by atoms with Crippen molar-refractivity contribution in [2.24, 2.45) is 0 Å². The topological polar surface area (TPSA) is 69.6 Å². The van der Waals surface area contributed by atoms with Crippen LogP contribution in [0.3, 0.4) is 0 Å². The third-order valence-corrected chi connectivity index (χ3v) is 10.4. The van der Waals surface area contributed by atoms with Gasteiger partial charge in [0.2, 0.25) is 10.0 Å². The van der Waals surface area contributed by atoms with Gasteiger partial charge in [0, 0.05) is 67.3 Å². The molecule has 9 heteroatoms. The highest BCUT2D eigenvalue weighted by Gasteiger charge is 2.34. The molecule has 2 aromatic heterocycles. The van der Waals surface area contributed by atoms with Gasteiger partial charge in [-0.2, -0.15) is 8.68 Å². The molecule has 2 aliphatic rings. The van der Waals surface area contributed by atoms with Gasteiger partial charge in [-0.15, -0.1) is 0 Å². The number of fused-ring (bicyclic) bond motifs is 2. The molecule has 0 bridgehead atoms. The lowest BCUT2D eigenvalue weighted by Crippen LogP contribution is -2.49. The molecule has 6 rings (SSSR count). The maximum Gasteiger partial charge on any atom is 0.243 e. The van der Waals surface area contributed by atoms with Gasteiger partial charge in [-0.05, 0) is 61.6 Å². The van der Waals surface area contributed by atoms with Crippen LogP contribution < -0.4 is 4.90 Å². The number of anilines is 1. The van der Waals surface area contributed by atoms with Gasteiger partial charge in [-0.25, -0.2) is 8.42 Å². The monoisotopic (exact) mass is 521 g/mol. The normalized spacial score (nSPS) is 20.3. The standard InChI is InChI=1S/C27H31N5O2S2/c33-36(34,26-10-5-6-21-20-28-13-11-23(21)26)32-14-4-3-7-22(32)12-15-30-16-18-31(19-17-30)27-24-8-1-2-9-25(24)35-29-27/h1-2,5-6,8-11,13,20,22H,3-4,7,12,14-19H2. The minimum atomic E-state index is -3.58. The Balaban J connectivity index is 1.12. The molecule has 2 fully saturated rings. The van der Waals surface area contributed by atoms with Crippen molar-refractivity contribution in [3.63, 3.8) is 0 Å². The summed E-state index contributed by atoms with van der Waals surface area (Å²) in [6, 6.07) is 15.8. The zero-order valence-corrected chi connectivity index (χ0v) is 21.9. The first-order chi connectivity index (χ1) is 17.6. The van der Waals surface area contributed by atoms with Crippen LogP contribution in [0, 0.1) is 0 Å². The summed E-state index contributed by atoms with van der Waals surface area (Å²) in [4.78, 5) is 9.43. The summed E-state index contributed by atoms with van der Waals surface area (Å²) in [7, 11) is -3.58. The van der Waals surface area contributed by atoms with Crippen LogP contribution in [0.15, 0.2) is 65.8 Å². The van der Waals surface area contributed by atoms with Gasteiger partial charge >= 0.3 is 0 Å². The highest BCUT2D eigenvalue weighted by molar-refractivity contribution is 7.89. The number of pyridine rings is 1. The summed E-state index contributed by atoms with van der Waals surface area (Å²) in [5.74, 6) is 1.10. The highest BCUT2D eigenvalue weighted by Crippen LogP contribution is 2.32. The number of benzene rings is 2. The largest absolute Gasteiger partial charge is 0.353 e. The van der Waals surface area contributed by atoms with Crippen molar-refractivity contribution >= 4 is 48.2 Å². The number of hydrogen-bond acceptors (Lipinski definition) is 7. The average molecular weight is 522 g/mol. The smallest absolute Gasteiger partial charge is 0.243 e. The molecule has 2 aromatic carbocycles. The summed E-state index contributed by atoms with van der Waals surface area (Å²) < 4.78 is 35.4. The molecule has 0 amide bonds. The van der Waals surface area contributed by atoms with Gasteiger partial charge in [0.1, 0.15) is 5.82 Å². The van der Waals surface area contributed by atoms with E-state index in [1.165, 1.54) is 10.1 Å². The average Bonchev–Trinajstić information content (AvgIpc) is 3.36. The summed E-state index contributed by atoms with van der Waals surface area (Å²) in [6.45, 7) is 5.36. The van der Waals surface area contributed by atoms with E-state index in [0.717, 1.165) is 75.0 Å². The van der Waals surface area contributed by atoms with Crippen LogP contribution in [0.5, 0.6) is 0 Å². The maximum atomic E-state index is 13.8. The van der Waals surface area contributed by atoms with Crippen LogP contribution >= 0.6 is 11.5 Å². The van der Waals surface area contributed by atoms with Crippen LogP contribution in [0.25, 0.3) is 20.9 Å². The molecule has 188 valence electrons. The van der Waals surface area contributed by atoms with Gasteiger partial charge < -0.3 is 4.90 Å². The molecule has 2 aliphatic heterocycles. The molecule has 0 spiro atoms. The molecular weight excluding hydrogens is 490 g/mol. The summed E-state index contributed by atoms with van der Waals surface area (Å²) in [5, 5.41) is 2.85. The van der Waals surface area contributed by atoms with Crippen LogP contribution in [0.4, 0.5) is 5.82 Å². The fourth-order valence-electron chi connectivity index (χ4n) is 5.64. The zero-order chi connectivity index (χ0) is 24.5. The van der Waals surface area contributed by atoms with Crippen LogP contribution in [0.1, 0.15) is 25.7 Å². The first-order valence-electron chi connectivity index (χ1n) is 12.8. The number of hydrogen-bond donors (Lipinski definition) is 0. The number of piperazine rings is 1. The van der Waals surface area contributed by atoms with Gasteiger partial charge in [-0.3, -0.25) is 9.88 Å². The molecule has 1 unspecified atom stereocenters. The Bertz CT molecular complexity index is 1460. The minimum absolute atomic E-state index is 0.0429. The number of rotatable bonds is 6. The van der Waals surface area contributed by atoms with Gasteiger partial charge in [-0.1, -0.05) is 30.7 Å². The van der Waals surface area contributed by atoms with Crippen molar-refractivity contribution in [3.05, 3.63) is 60.9 Å². The quantitative estimate of drug-likeness (QED) is 0.369. The third kappa shape index (κ3) is 4.49. The molecule has 36 heavy (non-hydrogen) atoms. The maximum absolute atomic E-state index is 13.8. The van der Waals surface area contributed by atoms with Crippen molar-refractivity contribution in [1.82, 2.24) is 18.6 Å². The van der Waals surface area contributed by atoms with E-state index in [-0.39, 0.29) is 6.04 Å². The third-order valence-electron chi connectivity index (χ3n) is 7.61. The van der Waals surface area contributed by atoms with Gasteiger partial charge in [0.05, 0.1) is 9.60 Å². The van der Waals surface area contributed by atoms with Crippen molar-refractivity contribution in [3.8, 4) is 0 Å². The number of piperidine rings is 1. The predicted octanol–water partition coefficient (Wildman–Crippen LogP) is 4.60. The SMILES string of the molecule is O=S(=O)(c1cccc2cnccc12)N1CCCCC1CCN1CCN(c2nsc3ccccc23)CC1. The lowest BCUT2D eigenvalue weighted by Gasteiger charge is -2.38. The fraction of sp³-hybridized carbons (Fsp3) is 0.407. The van der Waals surface area contributed by atoms with Crippen LogP contribution in [-0.4, -0.2) is 72.3 Å². The summed E-state index contributed by atoms with van der Waals surface area (Å²) >= 11 is 1.57. The van der Waals surface area contributed by atoms with E-state index >= 15 is 0 Å². The van der Waals surface area contributed by atoms with E-state index in [9.17, 15) is 8.42 Å². The van der Waals surface area contributed by atoms with E-state index in [4.69, 9.17) is 4.37 Å². The molecular formula is C27H31N5O2S2. The van der Waals surface area contributed by atoms with E-state index in [0.29, 0.717) is 11.4 Å². The van der Waals surface area contributed by atoms with Gasteiger partial charge in [0.15, 0.2) is 0 Å². The Labute approximate surface area is 216 Å². The van der Waals surface area contributed by atoms with Crippen molar-refractivity contribution in [1.29, 1.82) is 0 Å². The van der Waals surface area contributed by atoms with E-state index in [2.05, 4.69) is 39.0 Å². The molecule has 7 nitrogen and oxygen atoms in total. The molecule has 0 saturated carbocycles. The Morgan fingerprint density at radius 1 is 0.917 bits per heavy atom. The molecule has 0 aliphatic carbocycles. The predicted molar refractivity (Wildman–Crippen MR) is 146 cm³/mol. The lowest BCUT2D eigenvalue weighted by molar-refractivity contribution is 0.193. The molecule has 4 aromatic rings. The molecule has 0 N–H and O–H groups in total. The Hall–Kier alpha value is -2.59. The first kappa shape index (κ1) is 23.8. The Kier molecular flexibility index (Phi) is 6.64. The second kappa shape index (κ2) is 10.0. The van der Waals surface area contributed by atoms with Crippen molar-refractivity contribution < 1.29 is 8.42 Å². The molecule has 2 saturated heterocycles. The Morgan fingerprint density at radius 3 is 2.67 bits per heavy atom. The van der Waals surface area contributed by atoms with Crippen molar-refractivity contribution in [2.45, 2.75) is 36.6 Å². The molecule has 0 radical (unpaired) electrons. The summed E-state index contributed by atoms with van der Waals surface area (Å²) in [6.07, 6.45) is 7.20. The molecule has 1 atom stereocenters. The highest BCUT2D eigenvalue weighted by atomic mass is 32.2. The number of sulfonamides is 1. The second-order valence-corrected chi connectivity index (χ2v) is 12.4. The number of nitrogens with zero attached hydrogens (tertiary/aromatic N) is 5. The lowest BCUT2D eigenvalue weighted by atomic mass is 10.0. The van der Waals surface area contributed by atoms with E-state index in [1.54, 1.807) is 34.3 Å². The van der Waals surface area contributed by atoms with Crippen LogP contribution in [-0.2, 0) is 10.0 Å². The number of aromatic nitrogens is 2.